The van der Waals surface area contributed by atoms with Gasteiger partial charge in [-0.2, -0.15) is 4.98 Å². The van der Waals surface area contributed by atoms with Crippen molar-refractivity contribution in [3.05, 3.63) is 11.7 Å². The van der Waals surface area contributed by atoms with E-state index in [9.17, 15) is 5.11 Å². The first-order valence-corrected chi connectivity index (χ1v) is 7.41. The van der Waals surface area contributed by atoms with Gasteiger partial charge in [-0.05, 0) is 45.8 Å². The highest BCUT2D eigenvalue weighted by molar-refractivity contribution is 4.84. The Morgan fingerprint density at radius 3 is 2.70 bits per heavy atom. The van der Waals surface area contributed by atoms with E-state index >= 15 is 0 Å². The van der Waals surface area contributed by atoms with Crippen molar-refractivity contribution in [2.75, 3.05) is 33.2 Å². The number of hydrogen-bond donors (Lipinski definition) is 1. The zero-order valence-electron chi connectivity index (χ0n) is 12.7. The summed E-state index contributed by atoms with van der Waals surface area (Å²) in [6, 6.07) is 0. The minimum atomic E-state index is -0.226. The number of β-amino-alcohol motifs (C(OH)–C–C–N with tert-alkyl or cyclic N) is 1. The second-order valence-electron chi connectivity index (χ2n) is 6.02. The SMILES string of the molecule is Cc1nc(CN(C)CC2CCN(CC(C)O)CC2)no1. The third-order valence-electron chi connectivity index (χ3n) is 3.78. The predicted molar refractivity (Wildman–Crippen MR) is 76.2 cm³/mol. The minimum Gasteiger partial charge on any atom is -0.392 e. The van der Waals surface area contributed by atoms with Crippen molar-refractivity contribution in [2.24, 2.45) is 5.92 Å². The topological polar surface area (TPSA) is 65.6 Å². The molecule has 1 saturated heterocycles. The van der Waals surface area contributed by atoms with Crippen LogP contribution in [0.5, 0.6) is 0 Å². The van der Waals surface area contributed by atoms with Crippen molar-refractivity contribution in [1.82, 2.24) is 19.9 Å². The zero-order valence-corrected chi connectivity index (χ0v) is 12.7. The number of aromatic nitrogens is 2. The lowest BCUT2D eigenvalue weighted by atomic mass is 9.96. The van der Waals surface area contributed by atoms with Crippen LogP contribution in [-0.4, -0.2) is 64.4 Å². The molecule has 0 radical (unpaired) electrons. The second-order valence-corrected chi connectivity index (χ2v) is 6.02. The fourth-order valence-corrected chi connectivity index (χ4v) is 2.88. The first-order valence-electron chi connectivity index (χ1n) is 7.41. The molecule has 114 valence electrons. The van der Waals surface area contributed by atoms with E-state index in [2.05, 4.69) is 27.0 Å². The molecule has 1 atom stereocenters. The van der Waals surface area contributed by atoms with Gasteiger partial charge in [0.25, 0.3) is 0 Å². The lowest BCUT2D eigenvalue weighted by molar-refractivity contribution is 0.0916. The van der Waals surface area contributed by atoms with Crippen LogP contribution in [-0.2, 0) is 6.54 Å². The van der Waals surface area contributed by atoms with Crippen LogP contribution in [0.2, 0.25) is 0 Å². The molecule has 1 aromatic rings. The number of nitrogens with zero attached hydrogens (tertiary/aromatic N) is 4. The summed E-state index contributed by atoms with van der Waals surface area (Å²) in [5.41, 5.74) is 0. The Kier molecular flexibility index (Phi) is 5.51. The Morgan fingerprint density at radius 2 is 2.15 bits per heavy atom. The van der Waals surface area contributed by atoms with E-state index in [0.29, 0.717) is 5.89 Å². The van der Waals surface area contributed by atoms with Crippen LogP contribution in [0.25, 0.3) is 0 Å². The van der Waals surface area contributed by atoms with E-state index in [4.69, 9.17) is 4.52 Å². The first-order chi connectivity index (χ1) is 9.52. The largest absolute Gasteiger partial charge is 0.392 e. The zero-order chi connectivity index (χ0) is 14.5. The van der Waals surface area contributed by atoms with Gasteiger partial charge in [0.1, 0.15) is 0 Å². The normalized spacial score (nSPS) is 19.6. The number of hydrogen-bond acceptors (Lipinski definition) is 6. The van der Waals surface area contributed by atoms with E-state index in [-0.39, 0.29) is 6.10 Å². The molecule has 2 rings (SSSR count). The molecule has 1 fully saturated rings. The molecule has 0 amide bonds. The smallest absolute Gasteiger partial charge is 0.223 e. The second kappa shape index (κ2) is 7.15. The molecular formula is C14H26N4O2. The van der Waals surface area contributed by atoms with Crippen LogP contribution in [0.1, 0.15) is 31.5 Å². The Bertz CT molecular complexity index is 400. The summed E-state index contributed by atoms with van der Waals surface area (Å²) >= 11 is 0. The van der Waals surface area contributed by atoms with Gasteiger partial charge in [-0.25, -0.2) is 0 Å². The molecular weight excluding hydrogens is 256 g/mol. The monoisotopic (exact) mass is 282 g/mol. The minimum absolute atomic E-state index is 0.226. The molecule has 1 aromatic heterocycles. The van der Waals surface area contributed by atoms with Crippen LogP contribution in [0.3, 0.4) is 0 Å². The van der Waals surface area contributed by atoms with Gasteiger partial charge in [-0.15, -0.1) is 0 Å². The number of aryl methyl sites for hydroxylation is 1. The Morgan fingerprint density at radius 1 is 1.45 bits per heavy atom. The van der Waals surface area contributed by atoms with Gasteiger partial charge in [0.05, 0.1) is 12.6 Å². The van der Waals surface area contributed by atoms with Gasteiger partial charge in [-0.1, -0.05) is 5.16 Å². The van der Waals surface area contributed by atoms with Crippen LogP contribution in [0.15, 0.2) is 4.52 Å². The predicted octanol–water partition coefficient (Wildman–Crippen LogP) is 0.903. The molecule has 1 unspecified atom stereocenters. The van der Waals surface area contributed by atoms with Crippen molar-refractivity contribution < 1.29 is 9.63 Å². The number of rotatable bonds is 6. The summed E-state index contributed by atoms with van der Waals surface area (Å²) < 4.78 is 4.99. The highest BCUT2D eigenvalue weighted by Crippen LogP contribution is 2.18. The van der Waals surface area contributed by atoms with Crippen LogP contribution >= 0.6 is 0 Å². The van der Waals surface area contributed by atoms with E-state index in [1.165, 1.54) is 12.8 Å². The van der Waals surface area contributed by atoms with Gasteiger partial charge in [-0.3, -0.25) is 4.90 Å². The molecule has 0 aromatic carbocycles. The standard InChI is InChI=1S/C14H26N4O2/c1-11(19)8-18-6-4-13(5-7-18)9-17(3)10-14-15-12(2)20-16-14/h11,13,19H,4-10H2,1-3H3. The highest BCUT2D eigenvalue weighted by Gasteiger charge is 2.21. The molecule has 6 nitrogen and oxygen atoms in total. The number of likely N-dealkylation sites (tertiary alicyclic amines) is 1. The van der Waals surface area contributed by atoms with Gasteiger partial charge in [0.15, 0.2) is 5.82 Å². The number of piperidine rings is 1. The third kappa shape index (κ3) is 4.85. The van der Waals surface area contributed by atoms with Crippen LogP contribution in [0, 0.1) is 12.8 Å². The molecule has 0 bridgehead atoms. The molecule has 2 heterocycles. The van der Waals surface area contributed by atoms with Crippen LogP contribution < -0.4 is 0 Å². The number of aliphatic hydroxyl groups is 1. The van der Waals surface area contributed by atoms with Crippen molar-refractivity contribution in [3.8, 4) is 0 Å². The summed E-state index contributed by atoms with van der Waals surface area (Å²) in [7, 11) is 2.11. The summed E-state index contributed by atoms with van der Waals surface area (Å²) in [5, 5.41) is 13.3. The Labute approximate surface area is 120 Å². The molecule has 0 spiro atoms. The molecule has 0 aliphatic carbocycles. The molecule has 1 N–H and O–H groups in total. The van der Waals surface area contributed by atoms with Crippen molar-refractivity contribution in [2.45, 2.75) is 39.3 Å². The molecule has 0 saturated carbocycles. The third-order valence-corrected chi connectivity index (χ3v) is 3.78. The summed E-state index contributed by atoms with van der Waals surface area (Å²) in [6.45, 7) is 8.45. The average molecular weight is 282 g/mol. The fraction of sp³-hybridized carbons (Fsp3) is 0.857. The van der Waals surface area contributed by atoms with E-state index in [1.54, 1.807) is 0 Å². The van der Waals surface area contributed by atoms with E-state index in [1.807, 2.05) is 13.8 Å². The molecule has 20 heavy (non-hydrogen) atoms. The van der Waals surface area contributed by atoms with E-state index in [0.717, 1.165) is 44.5 Å². The summed E-state index contributed by atoms with van der Waals surface area (Å²) in [6.07, 6.45) is 2.17. The van der Waals surface area contributed by atoms with Crippen LogP contribution in [0.4, 0.5) is 0 Å². The average Bonchev–Trinajstić information content (AvgIpc) is 2.76. The molecule has 6 heteroatoms. The van der Waals surface area contributed by atoms with Crippen molar-refractivity contribution in [3.63, 3.8) is 0 Å². The lowest BCUT2D eigenvalue weighted by Gasteiger charge is -2.34. The summed E-state index contributed by atoms with van der Waals surface area (Å²) in [4.78, 5) is 8.85. The first kappa shape index (κ1) is 15.4. The Hall–Kier alpha value is -0.980. The molecule has 1 aliphatic rings. The molecule has 1 aliphatic heterocycles. The van der Waals surface area contributed by atoms with Crippen molar-refractivity contribution >= 4 is 0 Å². The van der Waals surface area contributed by atoms with Crippen molar-refractivity contribution in [1.29, 1.82) is 0 Å². The maximum Gasteiger partial charge on any atom is 0.223 e. The summed E-state index contributed by atoms with van der Waals surface area (Å²) in [5.74, 6) is 2.11. The fourth-order valence-electron chi connectivity index (χ4n) is 2.88. The van der Waals surface area contributed by atoms with E-state index < -0.39 is 0 Å². The van der Waals surface area contributed by atoms with Gasteiger partial charge in [0, 0.05) is 20.0 Å². The maximum absolute atomic E-state index is 9.41. The van der Waals surface area contributed by atoms with Gasteiger partial charge < -0.3 is 14.5 Å². The van der Waals surface area contributed by atoms with Gasteiger partial charge in [0.2, 0.25) is 5.89 Å². The highest BCUT2D eigenvalue weighted by atomic mass is 16.5. The lowest BCUT2D eigenvalue weighted by Crippen LogP contribution is -2.40. The van der Waals surface area contributed by atoms with Gasteiger partial charge >= 0.3 is 0 Å². The maximum atomic E-state index is 9.41. The number of aliphatic hydroxyl groups excluding tert-OH is 1. The quantitative estimate of drug-likeness (QED) is 0.836. The Balaban J connectivity index is 1.69.